The Balaban J connectivity index is 1.75. The van der Waals surface area contributed by atoms with Crippen LogP contribution in [0, 0.1) is 5.82 Å². The number of hydrogen-bond donors (Lipinski definition) is 0. The van der Waals surface area contributed by atoms with Gasteiger partial charge in [0.25, 0.3) is 0 Å². The van der Waals surface area contributed by atoms with E-state index < -0.39 is 0 Å². The van der Waals surface area contributed by atoms with E-state index in [1.807, 2.05) is 56.3 Å². The predicted octanol–water partition coefficient (Wildman–Crippen LogP) is 7.99. The summed E-state index contributed by atoms with van der Waals surface area (Å²) in [4.78, 5) is 0. The van der Waals surface area contributed by atoms with Gasteiger partial charge in [-0.2, -0.15) is 0 Å². The molecule has 0 saturated heterocycles. The highest BCUT2D eigenvalue weighted by Gasteiger charge is 2.08. The van der Waals surface area contributed by atoms with Gasteiger partial charge in [0.15, 0.2) is 0 Å². The van der Waals surface area contributed by atoms with Crippen LogP contribution in [0.25, 0.3) is 16.7 Å². The molecule has 0 spiro atoms. The molecule has 2 aromatic carbocycles. The highest BCUT2D eigenvalue weighted by Crippen LogP contribution is 2.27. The van der Waals surface area contributed by atoms with Gasteiger partial charge in [0, 0.05) is 16.7 Å². The fourth-order valence-electron chi connectivity index (χ4n) is 3.33. The summed E-state index contributed by atoms with van der Waals surface area (Å²) in [5, 5.41) is 0. The van der Waals surface area contributed by atoms with Crippen molar-refractivity contribution in [2.24, 2.45) is 0 Å². The zero-order chi connectivity index (χ0) is 20.5. The van der Waals surface area contributed by atoms with Crippen molar-refractivity contribution in [3.8, 4) is 11.1 Å². The average molecular weight is 383 g/mol. The van der Waals surface area contributed by atoms with Crippen LogP contribution in [0.2, 0.25) is 0 Å². The summed E-state index contributed by atoms with van der Waals surface area (Å²) in [5.74, 6) is -0.166. The molecule has 0 N–H and O–H groups in total. The molecule has 0 radical (unpaired) electrons. The number of rotatable bonds is 8. The third kappa shape index (κ3) is 5.69. The van der Waals surface area contributed by atoms with Crippen molar-refractivity contribution in [3.05, 3.63) is 113 Å². The van der Waals surface area contributed by atoms with Gasteiger partial charge in [-0.3, -0.25) is 0 Å². The molecular weight excluding hydrogens is 355 g/mol. The van der Waals surface area contributed by atoms with Crippen LogP contribution in [-0.2, 0) is 6.42 Å². The zero-order valence-corrected chi connectivity index (χ0v) is 17.2. The SMILES string of the molecule is CC=CCCC1=C=C=C(c2ccc(-c3ccc(CCC=CC)cc3F)cc2)C=C1. The van der Waals surface area contributed by atoms with Gasteiger partial charge in [-0.15, -0.1) is 0 Å². The van der Waals surface area contributed by atoms with Crippen LogP contribution in [0.1, 0.15) is 44.2 Å². The van der Waals surface area contributed by atoms with Gasteiger partial charge in [-0.1, -0.05) is 72.2 Å². The Morgan fingerprint density at radius 1 is 0.793 bits per heavy atom. The van der Waals surface area contributed by atoms with Crippen LogP contribution in [-0.4, -0.2) is 0 Å². The first-order valence-corrected chi connectivity index (χ1v) is 10.3. The van der Waals surface area contributed by atoms with Gasteiger partial charge < -0.3 is 0 Å². The molecule has 0 bridgehead atoms. The van der Waals surface area contributed by atoms with E-state index in [4.69, 9.17) is 0 Å². The van der Waals surface area contributed by atoms with E-state index in [0.29, 0.717) is 5.56 Å². The predicted molar refractivity (Wildman–Crippen MR) is 122 cm³/mol. The Labute approximate surface area is 173 Å². The Morgan fingerprint density at radius 2 is 1.48 bits per heavy atom. The highest BCUT2D eigenvalue weighted by molar-refractivity contribution is 5.77. The maximum atomic E-state index is 14.6. The van der Waals surface area contributed by atoms with Crippen LogP contribution in [0.4, 0.5) is 4.39 Å². The Morgan fingerprint density at radius 3 is 2.10 bits per heavy atom. The Kier molecular flexibility index (Phi) is 7.42. The van der Waals surface area contributed by atoms with Crippen molar-refractivity contribution in [1.82, 2.24) is 0 Å². The molecule has 3 rings (SSSR count). The summed E-state index contributed by atoms with van der Waals surface area (Å²) in [7, 11) is 0. The van der Waals surface area contributed by atoms with E-state index in [1.165, 1.54) is 5.57 Å². The van der Waals surface area contributed by atoms with Crippen molar-refractivity contribution in [2.45, 2.75) is 39.5 Å². The standard InChI is InChI=1S/C28H27F/c1-3-5-7-9-22-11-14-24(15-12-22)25-16-18-26(19-17-25)27-20-13-23(21-28(27)29)10-8-6-4-2/h3-6,11,13-14,16-21H,7-10H2,1-2H3. The maximum absolute atomic E-state index is 14.6. The van der Waals surface area contributed by atoms with Crippen molar-refractivity contribution in [2.75, 3.05) is 0 Å². The van der Waals surface area contributed by atoms with Gasteiger partial charge in [0.05, 0.1) is 0 Å². The van der Waals surface area contributed by atoms with Gasteiger partial charge >= 0.3 is 0 Å². The molecule has 0 atom stereocenters. The molecule has 29 heavy (non-hydrogen) atoms. The maximum Gasteiger partial charge on any atom is 0.131 e. The normalized spacial score (nSPS) is 13.3. The second kappa shape index (κ2) is 10.4. The van der Waals surface area contributed by atoms with Crippen molar-refractivity contribution >= 4 is 5.57 Å². The summed E-state index contributed by atoms with van der Waals surface area (Å²) in [5.41, 5.74) is 12.3. The van der Waals surface area contributed by atoms with Crippen LogP contribution >= 0.6 is 0 Å². The molecule has 0 aromatic heterocycles. The molecule has 1 aliphatic carbocycles. The second-order valence-corrected chi connectivity index (χ2v) is 7.13. The summed E-state index contributed by atoms with van der Waals surface area (Å²) in [6, 6.07) is 13.5. The lowest BCUT2D eigenvalue weighted by molar-refractivity contribution is 0.629. The molecule has 0 unspecified atom stereocenters. The third-order valence-electron chi connectivity index (χ3n) is 5.00. The third-order valence-corrected chi connectivity index (χ3v) is 5.00. The van der Waals surface area contributed by atoms with Crippen molar-refractivity contribution in [1.29, 1.82) is 0 Å². The zero-order valence-electron chi connectivity index (χ0n) is 17.2. The van der Waals surface area contributed by atoms with Crippen LogP contribution in [0.3, 0.4) is 0 Å². The molecule has 0 amide bonds. The Hall–Kier alpha value is -3.11. The monoisotopic (exact) mass is 382 g/mol. The van der Waals surface area contributed by atoms with Crippen molar-refractivity contribution in [3.63, 3.8) is 0 Å². The molecular formula is C28H27F. The molecule has 0 aliphatic heterocycles. The van der Waals surface area contributed by atoms with Gasteiger partial charge in [0.1, 0.15) is 5.82 Å². The number of allylic oxidation sites excluding steroid dienone is 8. The molecule has 0 nitrogen and oxygen atoms in total. The minimum Gasteiger partial charge on any atom is -0.206 e. The fourth-order valence-corrected chi connectivity index (χ4v) is 3.33. The molecule has 0 fully saturated rings. The lowest BCUT2D eigenvalue weighted by Gasteiger charge is -2.08. The van der Waals surface area contributed by atoms with Crippen molar-refractivity contribution < 1.29 is 4.39 Å². The number of benzene rings is 2. The minimum atomic E-state index is -0.166. The molecule has 146 valence electrons. The largest absolute Gasteiger partial charge is 0.206 e. The first kappa shape index (κ1) is 20.6. The molecule has 1 heteroatoms. The van der Waals surface area contributed by atoms with E-state index in [2.05, 4.69) is 41.8 Å². The first-order valence-electron chi connectivity index (χ1n) is 10.3. The number of hydrogen-bond acceptors (Lipinski definition) is 0. The van der Waals surface area contributed by atoms with E-state index in [1.54, 1.807) is 6.07 Å². The number of aryl methyl sites for hydroxylation is 1. The highest BCUT2D eigenvalue weighted by atomic mass is 19.1. The van der Waals surface area contributed by atoms with E-state index >= 15 is 0 Å². The topological polar surface area (TPSA) is 0 Å². The van der Waals surface area contributed by atoms with Gasteiger partial charge in [-0.05, 0) is 74.4 Å². The van der Waals surface area contributed by atoms with E-state index in [0.717, 1.165) is 47.9 Å². The van der Waals surface area contributed by atoms with E-state index in [9.17, 15) is 4.39 Å². The summed E-state index contributed by atoms with van der Waals surface area (Å²) < 4.78 is 14.6. The first-order chi connectivity index (χ1) is 14.2. The fraction of sp³-hybridized carbons (Fsp3) is 0.214. The minimum absolute atomic E-state index is 0.166. The lowest BCUT2D eigenvalue weighted by Crippen LogP contribution is -1.90. The number of halogens is 1. The smallest absolute Gasteiger partial charge is 0.131 e. The lowest BCUT2D eigenvalue weighted by atomic mass is 9.97. The molecule has 0 heterocycles. The van der Waals surface area contributed by atoms with Gasteiger partial charge in [0.2, 0.25) is 0 Å². The van der Waals surface area contributed by atoms with E-state index in [-0.39, 0.29) is 5.82 Å². The Bertz CT molecular complexity index is 1030. The quantitative estimate of drug-likeness (QED) is 0.320. The van der Waals surface area contributed by atoms with Crippen LogP contribution in [0.5, 0.6) is 0 Å². The second-order valence-electron chi connectivity index (χ2n) is 7.13. The molecule has 1 aliphatic rings. The van der Waals surface area contributed by atoms with Crippen LogP contribution in [0.15, 0.2) is 96.0 Å². The summed E-state index contributed by atoms with van der Waals surface area (Å²) in [6.45, 7) is 4.04. The molecule has 0 saturated carbocycles. The van der Waals surface area contributed by atoms with Gasteiger partial charge in [-0.25, -0.2) is 4.39 Å². The summed E-state index contributed by atoms with van der Waals surface area (Å²) in [6.07, 6.45) is 16.3. The molecule has 2 aromatic rings. The van der Waals surface area contributed by atoms with Crippen LogP contribution < -0.4 is 0 Å². The summed E-state index contributed by atoms with van der Waals surface area (Å²) >= 11 is 0. The average Bonchev–Trinajstić information content (AvgIpc) is 2.75.